The van der Waals surface area contributed by atoms with Crippen molar-refractivity contribution < 1.29 is 23.7 Å². The van der Waals surface area contributed by atoms with Crippen LogP contribution in [0.1, 0.15) is 63.5 Å². The molecule has 0 N–H and O–H groups in total. The highest BCUT2D eigenvalue weighted by atomic mass is 16.6. The molecule has 0 amide bonds. The molecule has 7 rings (SSSR count). The molecule has 284 valence electrons. The maximum atomic E-state index is 7.17. The van der Waals surface area contributed by atoms with Gasteiger partial charge in [0.1, 0.15) is 24.4 Å². The van der Waals surface area contributed by atoms with Gasteiger partial charge >= 0.3 is 0 Å². The summed E-state index contributed by atoms with van der Waals surface area (Å²) in [5.41, 5.74) is 10.0. The Hall–Kier alpha value is -4.89. The van der Waals surface area contributed by atoms with Gasteiger partial charge in [-0.15, -0.1) is 0 Å². The number of aromatic nitrogens is 2. The third-order valence-electron chi connectivity index (χ3n) is 10.4. The first-order chi connectivity index (χ1) is 27.1. The van der Waals surface area contributed by atoms with Crippen molar-refractivity contribution in [3.63, 3.8) is 0 Å². The molecule has 1 saturated heterocycles. The molecule has 5 atom stereocenters. The molecule has 7 nitrogen and oxygen atoms in total. The van der Waals surface area contributed by atoms with E-state index >= 15 is 0 Å². The first kappa shape index (κ1) is 38.4. The second-order valence-electron chi connectivity index (χ2n) is 14.3. The third kappa shape index (κ3) is 10.1. The topological polar surface area (TPSA) is 64.0 Å². The summed E-state index contributed by atoms with van der Waals surface area (Å²) in [4.78, 5) is 0. The maximum Gasteiger partial charge on any atom is 0.179 e. The fraction of sp³-hybridized carbons (Fsp3) is 0.312. The van der Waals surface area contributed by atoms with E-state index in [4.69, 9.17) is 28.8 Å². The van der Waals surface area contributed by atoms with E-state index < -0.39 is 30.6 Å². The Morgan fingerprint density at radius 3 is 1.49 bits per heavy atom. The zero-order chi connectivity index (χ0) is 37.8. The lowest BCUT2D eigenvalue weighted by atomic mass is 9.96. The van der Waals surface area contributed by atoms with Crippen LogP contribution in [0.4, 0.5) is 0 Å². The first-order valence-electron chi connectivity index (χ1n) is 19.4. The predicted molar refractivity (Wildman–Crippen MR) is 215 cm³/mol. The molecule has 0 aliphatic carbocycles. The van der Waals surface area contributed by atoms with Crippen molar-refractivity contribution in [3.05, 3.63) is 196 Å². The van der Waals surface area contributed by atoms with Gasteiger partial charge in [0.25, 0.3) is 0 Å². The fourth-order valence-corrected chi connectivity index (χ4v) is 7.26. The molecule has 1 fully saturated rings. The lowest BCUT2D eigenvalue weighted by Gasteiger charge is -2.46. The zero-order valence-corrected chi connectivity index (χ0v) is 32.1. The average Bonchev–Trinajstić information content (AvgIpc) is 3.51. The molecule has 1 aliphatic rings. The van der Waals surface area contributed by atoms with E-state index in [-0.39, 0.29) is 6.61 Å². The summed E-state index contributed by atoms with van der Waals surface area (Å²) < 4.78 is 36.4. The normalized spacial score (nSPS) is 19.7. The van der Waals surface area contributed by atoms with Crippen molar-refractivity contribution >= 4 is 0 Å². The number of ether oxygens (including phenoxy) is 5. The largest absolute Gasteiger partial charge is 0.374 e. The SMILES string of the molecule is CCc1ccc(Cc2c(C)nn(C3OC(COCc4ccccc4)[C@@H](OCc4ccccc4)C(OCc4ccccc4)[C@H]3OCc3ccccc3)c2C)cc1. The average molecular weight is 737 g/mol. The summed E-state index contributed by atoms with van der Waals surface area (Å²) in [6.07, 6.45) is -0.977. The lowest BCUT2D eigenvalue weighted by molar-refractivity contribution is -0.292. The maximum absolute atomic E-state index is 7.17. The Morgan fingerprint density at radius 2 is 0.982 bits per heavy atom. The van der Waals surface area contributed by atoms with Crippen molar-refractivity contribution in [3.8, 4) is 0 Å². The van der Waals surface area contributed by atoms with Gasteiger partial charge in [-0.1, -0.05) is 153 Å². The molecule has 7 heteroatoms. The van der Waals surface area contributed by atoms with Crippen molar-refractivity contribution in [2.75, 3.05) is 6.61 Å². The van der Waals surface area contributed by atoms with Gasteiger partial charge in [-0.05, 0) is 53.6 Å². The van der Waals surface area contributed by atoms with Crippen LogP contribution in [0.2, 0.25) is 0 Å². The van der Waals surface area contributed by atoms with Crippen LogP contribution in [-0.2, 0) is 63.0 Å². The Balaban J connectivity index is 1.26. The fourth-order valence-electron chi connectivity index (χ4n) is 7.26. The second kappa shape index (κ2) is 19.1. The quantitative estimate of drug-likeness (QED) is 0.0930. The third-order valence-corrected chi connectivity index (χ3v) is 10.4. The second-order valence-corrected chi connectivity index (χ2v) is 14.3. The van der Waals surface area contributed by atoms with Gasteiger partial charge in [0.15, 0.2) is 6.23 Å². The predicted octanol–water partition coefficient (Wildman–Crippen LogP) is 9.52. The number of aryl methyl sites for hydroxylation is 2. The van der Waals surface area contributed by atoms with Crippen LogP contribution in [0.25, 0.3) is 0 Å². The standard InChI is InChI=1S/C48H52N2O5/c1-4-37-25-27-38(28-26-37)29-43-35(2)49-50(36(43)3)48-47(54-33-42-23-15-8-16-24-42)46(53-32-41-21-13-7-14-22-41)45(52-31-40-19-11-6-12-20-40)44(55-48)34-51-30-39-17-9-5-10-18-39/h5-28,44-48H,4,29-34H2,1-3H3/t44?,45-,46?,47-,48?/m1/s1. The van der Waals surface area contributed by atoms with E-state index in [2.05, 4.69) is 93.6 Å². The van der Waals surface area contributed by atoms with E-state index in [1.807, 2.05) is 77.5 Å². The van der Waals surface area contributed by atoms with Crippen molar-refractivity contribution in [2.45, 2.75) is 90.7 Å². The van der Waals surface area contributed by atoms with Crippen LogP contribution in [0, 0.1) is 13.8 Å². The van der Waals surface area contributed by atoms with E-state index in [9.17, 15) is 0 Å². The van der Waals surface area contributed by atoms with Crippen LogP contribution < -0.4 is 0 Å². The summed E-state index contributed by atoms with van der Waals surface area (Å²) in [5.74, 6) is 0. The van der Waals surface area contributed by atoms with E-state index in [1.165, 1.54) is 16.7 Å². The molecule has 1 aliphatic heterocycles. The van der Waals surface area contributed by atoms with Gasteiger partial charge in [0, 0.05) is 17.7 Å². The number of rotatable bonds is 17. The number of benzene rings is 5. The van der Waals surface area contributed by atoms with Gasteiger partial charge < -0.3 is 23.7 Å². The molecule has 6 aromatic rings. The van der Waals surface area contributed by atoms with Gasteiger partial charge in [-0.3, -0.25) is 0 Å². The molecule has 0 bridgehead atoms. The highest BCUT2D eigenvalue weighted by Gasteiger charge is 2.50. The van der Waals surface area contributed by atoms with Crippen molar-refractivity contribution in [1.29, 1.82) is 0 Å². The Morgan fingerprint density at radius 1 is 0.527 bits per heavy atom. The smallest absolute Gasteiger partial charge is 0.179 e. The molecule has 1 aromatic heterocycles. The lowest BCUT2D eigenvalue weighted by Crippen LogP contribution is -2.59. The van der Waals surface area contributed by atoms with Crippen LogP contribution in [-0.4, -0.2) is 40.8 Å². The molecule has 55 heavy (non-hydrogen) atoms. The van der Waals surface area contributed by atoms with Gasteiger partial charge in [-0.25, -0.2) is 4.68 Å². The van der Waals surface area contributed by atoms with Gasteiger partial charge in [0.05, 0.1) is 38.7 Å². The monoisotopic (exact) mass is 736 g/mol. The summed E-state index contributed by atoms with van der Waals surface area (Å²) in [6, 6.07) is 49.8. The molecular weight excluding hydrogens is 685 g/mol. The summed E-state index contributed by atoms with van der Waals surface area (Å²) in [7, 11) is 0. The van der Waals surface area contributed by atoms with Gasteiger partial charge in [-0.2, -0.15) is 5.10 Å². The van der Waals surface area contributed by atoms with E-state index in [0.717, 1.165) is 46.5 Å². The van der Waals surface area contributed by atoms with Crippen LogP contribution in [0.5, 0.6) is 0 Å². The molecule has 5 aromatic carbocycles. The summed E-state index contributed by atoms with van der Waals surface area (Å²) in [6.45, 7) is 8.26. The van der Waals surface area contributed by atoms with Crippen LogP contribution in [0.3, 0.4) is 0 Å². The Kier molecular flexibility index (Phi) is 13.3. The van der Waals surface area contributed by atoms with Crippen molar-refractivity contribution in [1.82, 2.24) is 9.78 Å². The highest BCUT2D eigenvalue weighted by molar-refractivity contribution is 5.34. The molecular formula is C48H52N2O5. The Labute approximate surface area is 325 Å². The summed E-state index contributed by atoms with van der Waals surface area (Å²) in [5, 5.41) is 5.18. The molecule has 3 unspecified atom stereocenters. The van der Waals surface area contributed by atoms with E-state index in [1.54, 1.807) is 0 Å². The molecule has 0 radical (unpaired) electrons. The number of hydrogen-bond donors (Lipinski definition) is 0. The molecule has 2 heterocycles. The summed E-state index contributed by atoms with van der Waals surface area (Å²) >= 11 is 0. The van der Waals surface area contributed by atoms with E-state index in [0.29, 0.717) is 26.4 Å². The van der Waals surface area contributed by atoms with Crippen molar-refractivity contribution in [2.24, 2.45) is 0 Å². The Bertz CT molecular complexity index is 2020. The molecule has 0 spiro atoms. The van der Waals surface area contributed by atoms with Gasteiger partial charge in [0.2, 0.25) is 0 Å². The highest BCUT2D eigenvalue weighted by Crippen LogP contribution is 2.37. The van der Waals surface area contributed by atoms with Crippen LogP contribution in [0.15, 0.2) is 146 Å². The molecule has 0 saturated carbocycles. The minimum absolute atomic E-state index is 0.289. The first-order valence-corrected chi connectivity index (χ1v) is 19.4. The minimum atomic E-state index is -0.624. The number of nitrogens with zero attached hydrogens (tertiary/aromatic N) is 2. The minimum Gasteiger partial charge on any atom is -0.374 e. The van der Waals surface area contributed by atoms with Crippen LogP contribution >= 0.6 is 0 Å². The zero-order valence-electron chi connectivity index (χ0n) is 32.1. The number of hydrogen-bond acceptors (Lipinski definition) is 6.